The van der Waals surface area contributed by atoms with Crippen LogP contribution in [-0.2, 0) is 6.54 Å². The van der Waals surface area contributed by atoms with E-state index < -0.39 is 0 Å². The lowest BCUT2D eigenvalue weighted by Gasteiger charge is -2.07. The van der Waals surface area contributed by atoms with Crippen LogP contribution in [0.25, 0.3) is 0 Å². The summed E-state index contributed by atoms with van der Waals surface area (Å²) in [6.07, 6.45) is 3.67. The fourth-order valence-corrected chi connectivity index (χ4v) is 1.56. The van der Waals surface area contributed by atoms with E-state index in [4.69, 9.17) is 11.6 Å². The first-order chi connectivity index (χ1) is 7.27. The number of aromatic nitrogens is 1. The van der Waals surface area contributed by atoms with Gasteiger partial charge in [-0.2, -0.15) is 0 Å². The number of aromatic amines is 1. The fourth-order valence-electron chi connectivity index (χ4n) is 1.33. The fraction of sp³-hybridized carbons (Fsp3) is 0.0909. The van der Waals surface area contributed by atoms with Gasteiger partial charge in [-0.15, -0.1) is 0 Å². The van der Waals surface area contributed by atoms with Crippen molar-refractivity contribution in [2.24, 2.45) is 0 Å². The van der Waals surface area contributed by atoms with Crippen LogP contribution in [0, 0.1) is 5.82 Å². The molecule has 1 heterocycles. The number of rotatable bonds is 3. The molecule has 0 aliphatic carbocycles. The third kappa shape index (κ3) is 2.30. The molecule has 4 heteroatoms. The Bertz CT molecular complexity index is 420. The monoisotopic (exact) mass is 224 g/mol. The Morgan fingerprint density at radius 3 is 2.87 bits per heavy atom. The lowest BCUT2D eigenvalue weighted by molar-refractivity contribution is 0.630. The maximum atomic E-state index is 13.3. The number of anilines is 1. The molecule has 0 radical (unpaired) electrons. The summed E-state index contributed by atoms with van der Waals surface area (Å²) in [6, 6.07) is 6.54. The van der Waals surface area contributed by atoms with Gasteiger partial charge in [-0.05, 0) is 23.8 Å². The van der Waals surface area contributed by atoms with Crippen LogP contribution in [0.5, 0.6) is 0 Å². The smallest absolute Gasteiger partial charge is 0.147 e. The molecule has 0 amide bonds. The van der Waals surface area contributed by atoms with Crippen molar-refractivity contribution in [1.29, 1.82) is 0 Å². The molecule has 1 aromatic carbocycles. The molecule has 0 atom stereocenters. The molecular weight excluding hydrogens is 215 g/mol. The van der Waals surface area contributed by atoms with Gasteiger partial charge in [0.15, 0.2) is 0 Å². The molecule has 0 spiro atoms. The highest BCUT2D eigenvalue weighted by Crippen LogP contribution is 2.24. The highest BCUT2D eigenvalue weighted by atomic mass is 35.5. The van der Waals surface area contributed by atoms with Gasteiger partial charge in [0.05, 0.1) is 10.7 Å². The molecule has 2 N–H and O–H groups in total. The maximum Gasteiger partial charge on any atom is 0.147 e. The van der Waals surface area contributed by atoms with Gasteiger partial charge in [0, 0.05) is 18.9 Å². The van der Waals surface area contributed by atoms with E-state index in [1.165, 1.54) is 6.07 Å². The van der Waals surface area contributed by atoms with Crippen LogP contribution in [0.4, 0.5) is 10.1 Å². The van der Waals surface area contributed by atoms with Crippen LogP contribution in [-0.4, -0.2) is 4.98 Å². The van der Waals surface area contributed by atoms with Gasteiger partial charge in [-0.3, -0.25) is 0 Å². The van der Waals surface area contributed by atoms with Crippen LogP contribution >= 0.6 is 11.6 Å². The first-order valence-electron chi connectivity index (χ1n) is 4.57. The molecule has 2 aromatic rings. The highest BCUT2D eigenvalue weighted by Gasteiger charge is 2.05. The molecule has 1 aromatic heterocycles. The highest BCUT2D eigenvalue weighted by molar-refractivity contribution is 6.33. The molecule has 0 aliphatic rings. The van der Waals surface area contributed by atoms with Crippen LogP contribution in [0.1, 0.15) is 5.56 Å². The first kappa shape index (κ1) is 10.1. The summed E-state index contributed by atoms with van der Waals surface area (Å²) in [5.74, 6) is -0.335. The van der Waals surface area contributed by atoms with Gasteiger partial charge < -0.3 is 10.3 Å². The van der Waals surface area contributed by atoms with Crippen LogP contribution in [0.3, 0.4) is 0 Å². The van der Waals surface area contributed by atoms with Crippen molar-refractivity contribution in [1.82, 2.24) is 4.98 Å². The zero-order chi connectivity index (χ0) is 10.7. The molecule has 2 nitrogen and oxygen atoms in total. The van der Waals surface area contributed by atoms with Gasteiger partial charge in [0.25, 0.3) is 0 Å². The zero-order valence-electron chi connectivity index (χ0n) is 7.93. The van der Waals surface area contributed by atoms with E-state index in [1.54, 1.807) is 12.1 Å². The number of para-hydroxylation sites is 1. The lowest BCUT2D eigenvalue weighted by Crippen LogP contribution is -2.01. The molecule has 0 fully saturated rings. The Labute approximate surface area is 92.1 Å². The minimum atomic E-state index is -0.335. The lowest BCUT2D eigenvalue weighted by atomic mass is 10.3. The van der Waals surface area contributed by atoms with Crippen molar-refractivity contribution >= 4 is 17.3 Å². The molecular formula is C11H10ClFN2. The van der Waals surface area contributed by atoms with E-state index in [-0.39, 0.29) is 5.82 Å². The second kappa shape index (κ2) is 4.36. The van der Waals surface area contributed by atoms with Gasteiger partial charge in [0.1, 0.15) is 5.82 Å². The summed E-state index contributed by atoms with van der Waals surface area (Å²) in [4.78, 5) is 2.93. The van der Waals surface area contributed by atoms with Crippen molar-refractivity contribution in [2.75, 3.05) is 5.32 Å². The average Bonchev–Trinajstić information content (AvgIpc) is 2.70. The predicted octanol–water partition coefficient (Wildman–Crippen LogP) is 3.42. The number of benzene rings is 1. The molecule has 78 valence electrons. The maximum absolute atomic E-state index is 13.3. The van der Waals surface area contributed by atoms with E-state index in [2.05, 4.69) is 10.3 Å². The molecule has 0 bridgehead atoms. The number of nitrogens with one attached hydrogen (secondary N) is 2. The van der Waals surface area contributed by atoms with Crippen molar-refractivity contribution < 1.29 is 4.39 Å². The topological polar surface area (TPSA) is 27.8 Å². The van der Waals surface area contributed by atoms with E-state index >= 15 is 0 Å². The number of hydrogen-bond acceptors (Lipinski definition) is 1. The first-order valence-corrected chi connectivity index (χ1v) is 4.95. The van der Waals surface area contributed by atoms with Crippen LogP contribution in [0.15, 0.2) is 36.7 Å². The summed E-state index contributed by atoms with van der Waals surface area (Å²) in [6.45, 7) is 0.546. The largest absolute Gasteiger partial charge is 0.377 e. The standard InChI is InChI=1S/C11H10ClFN2/c12-9-2-1-3-10(13)11(9)15-7-8-4-5-14-6-8/h1-6,14-15H,7H2. The zero-order valence-corrected chi connectivity index (χ0v) is 8.68. The Balaban J connectivity index is 2.11. The molecule has 0 aliphatic heterocycles. The molecule has 2 rings (SSSR count). The third-order valence-corrected chi connectivity index (χ3v) is 2.41. The summed E-state index contributed by atoms with van der Waals surface area (Å²) in [5, 5.41) is 3.35. The van der Waals surface area contributed by atoms with Gasteiger partial charge in [-0.1, -0.05) is 17.7 Å². The predicted molar refractivity (Wildman–Crippen MR) is 59.5 cm³/mol. The molecule has 0 saturated carbocycles. The van der Waals surface area contributed by atoms with E-state index in [1.807, 2.05) is 18.5 Å². The van der Waals surface area contributed by atoms with E-state index in [0.29, 0.717) is 17.3 Å². The summed E-state index contributed by atoms with van der Waals surface area (Å²) in [5.41, 5.74) is 1.40. The second-order valence-corrected chi connectivity index (χ2v) is 3.58. The normalized spacial score (nSPS) is 10.3. The summed E-state index contributed by atoms with van der Waals surface area (Å²) >= 11 is 5.86. The van der Waals surface area contributed by atoms with Crippen molar-refractivity contribution in [3.8, 4) is 0 Å². The van der Waals surface area contributed by atoms with Crippen molar-refractivity contribution in [3.05, 3.63) is 53.1 Å². The Kier molecular flexibility index (Phi) is 2.92. The number of H-pyrrole nitrogens is 1. The van der Waals surface area contributed by atoms with E-state index in [9.17, 15) is 4.39 Å². The Morgan fingerprint density at radius 2 is 2.20 bits per heavy atom. The molecule has 0 saturated heterocycles. The minimum Gasteiger partial charge on any atom is -0.377 e. The Hall–Kier alpha value is -1.48. The van der Waals surface area contributed by atoms with Gasteiger partial charge in [0.2, 0.25) is 0 Å². The number of halogens is 2. The SMILES string of the molecule is Fc1cccc(Cl)c1NCc1cc[nH]c1. The third-order valence-electron chi connectivity index (χ3n) is 2.09. The average molecular weight is 225 g/mol. The molecule has 15 heavy (non-hydrogen) atoms. The van der Waals surface area contributed by atoms with Gasteiger partial charge >= 0.3 is 0 Å². The quantitative estimate of drug-likeness (QED) is 0.822. The summed E-state index contributed by atoms with van der Waals surface area (Å²) < 4.78 is 13.3. The van der Waals surface area contributed by atoms with Crippen LogP contribution in [0.2, 0.25) is 5.02 Å². The molecule has 0 unspecified atom stereocenters. The van der Waals surface area contributed by atoms with E-state index in [0.717, 1.165) is 5.56 Å². The summed E-state index contributed by atoms with van der Waals surface area (Å²) in [7, 11) is 0. The van der Waals surface area contributed by atoms with Crippen molar-refractivity contribution in [3.63, 3.8) is 0 Å². The van der Waals surface area contributed by atoms with Crippen LogP contribution < -0.4 is 5.32 Å². The Morgan fingerprint density at radius 1 is 1.33 bits per heavy atom. The second-order valence-electron chi connectivity index (χ2n) is 3.17. The minimum absolute atomic E-state index is 0.335. The van der Waals surface area contributed by atoms with Crippen molar-refractivity contribution in [2.45, 2.75) is 6.54 Å². The van der Waals surface area contributed by atoms with Gasteiger partial charge in [-0.25, -0.2) is 4.39 Å². The number of hydrogen-bond donors (Lipinski definition) is 2.